The van der Waals surface area contributed by atoms with Gasteiger partial charge in [0.1, 0.15) is 11.3 Å². The molecule has 150 valence electrons. The maximum absolute atomic E-state index is 13.2. The Bertz CT molecular complexity index is 605. The molecular formula is C21H32N2O4. The summed E-state index contributed by atoms with van der Waals surface area (Å²) in [6, 6.07) is 7.71. The van der Waals surface area contributed by atoms with Gasteiger partial charge in [0.2, 0.25) is 5.91 Å². The fraction of sp³-hybridized carbons (Fsp3) is 0.667. The zero-order valence-corrected chi connectivity index (χ0v) is 16.3. The van der Waals surface area contributed by atoms with Gasteiger partial charge in [0, 0.05) is 30.9 Å². The number of ether oxygens (including phenoxy) is 2. The fourth-order valence-electron chi connectivity index (χ4n) is 4.15. The van der Waals surface area contributed by atoms with Gasteiger partial charge in [0.15, 0.2) is 0 Å². The normalized spacial score (nSPS) is 21.3. The average molecular weight is 376 g/mol. The van der Waals surface area contributed by atoms with Crippen LogP contribution in [0.4, 0.5) is 5.69 Å². The Kier molecular flexibility index (Phi) is 6.60. The van der Waals surface area contributed by atoms with E-state index in [0.717, 1.165) is 56.4 Å². The number of nitrogens with one attached hydrogen (secondary N) is 2. The molecule has 6 heteroatoms. The lowest BCUT2D eigenvalue weighted by Crippen LogP contribution is -2.56. The molecule has 0 atom stereocenters. The summed E-state index contributed by atoms with van der Waals surface area (Å²) in [5.74, 6) is 0.837. The summed E-state index contributed by atoms with van der Waals surface area (Å²) in [5, 5.41) is 16.5. The van der Waals surface area contributed by atoms with Crippen molar-refractivity contribution in [2.75, 3.05) is 38.8 Å². The van der Waals surface area contributed by atoms with Gasteiger partial charge in [-0.25, -0.2) is 0 Å². The van der Waals surface area contributed by atoms with Gasteiger partial charge in [-0.2, -0.15) is 0 Å². The quantitative estimate of drug-likeness (QED) is 0.682. The molecule has 1 saturated heterocycles. The number of rotatable bonds is 7. The van der Waals surface area contributed by atoms with Crippen LogP contribution in [0.1, 0.15) is 44.9 Å². The average Bonchev–Trinajstić information content (AvgIpc) is 2.74. The molecule has 0 radical (unpaired) electrons. The Morgan fingerprint density at radius 1 is 1.11 bits per heavy atom. The van der Waals surface area contributed by atoms with Gasteiger partial charge in [-0.15, -0.1) is 0 Å². The van der Waals surface area contributed by atoms with E-state index in [-0.39, 0.29) is 17.9 Å². The highest BCUT2D eigenvalue weighted by Gasteiger charge is 2.41. The zero-order valence-electron chi connectivity index (χ0n) is 16.3. The third-order valence-electron chi connectivity index (χ3n) is 6.13. The molecular weight excluding hydrogens is 344 g/mol. The molecule has 1 heterocycles. The number of carbonyl (C=O) groups is 1. The third kappa shape index (κ3) is 4.74. The molecule has 3 N–H and O–H groups in total. The van der Waals surface area contributed by atoms with E-state index in [4.69, 9.17) is 9.47 Å². The van der Waals surface area contributed by atoms with Gasteiger partial charge in [-0.1, -0.05) is 19.3 Å². The van der Waals surface area contributed by atoms with Crippen molar-refractivity contribution in [3.63, 3.8) is 0 Å². The summed E-state index contributed by atoms with van der Waals surface area (Å²) in [5.41, 5.74) is 0.0780. The van der Waals surface area contributed by atoms with Crippen molar-refractivity contribution in [2.45, 2.75) is 50.5 Å². The Morgan fingerprint density at radius 3 is 2.37 bits per heavy atom. The molecule has 2 fully saturated rings. The van der Waals surface area contributed by atoms with E-state index < -0.39 is 5.54 Å². The number of methoxy groups -OCH3 is 1. The van der Waals surface area contributed by atoms with Crippen LogP contribution in [0.25, 0.3) is 0 Å². The Balaban J connectivity index is 1.69. The number of hydrogen-bond donors (Lipinski definition) is 3. The minimum Gasteiger partial charge on any atom is -0.497 e. The molecule has 1 aromatic carbocycles. The third-order valence-corrected chi connectivity index (χ3v) is 6.13. The highest BCUT2D eigenvalue weighted by atomic mass is 16.5. The molecule has 27 heavy (non-hydrogen) atoms. The first kappa shape index (κ1) is 20.0. The van der Waals surface area contributed by atoms with E-state index >= 15 is 0 Å². The SMILES string of the molecule is COc1ccc(NC2(C(=O)NCC3(CO)CCOCC3)CCCCC2)cc1. The molecule has 1 saturated carbocycles. The minimum absolute atomic E-state index is 0.0392. The summed E-state index contributed by atoms with van der Waals surface area (Å²) in [6.07, 6.45) is 6.44. The summed E-state index contributed by atoms with van der Waals surface area (Å²) < 4.78 is 10.6. The van der Waals surface area contributed by atoms with E-state index in [0.29, 0.717) is 19.8 Å². The predicted octanol–water partition coefficient (Wildman–Crippen LogP) is 2.72. The Labute approximate surface area is 161 Å². The minimum atomic E-state index is -0.589. The van der Waals surface area contributed by atoms with Crippen molar-refractivity contribution >= 4 is 11.6 Å². The van der Waals surface area contributed by atoms with Crippen molar-refractivity contribution in [3.05, 3.63) is 24.3 Å². The highest BCUT2D eigenvalue weighted by Crippen LogP contribution is 2.34. The molecule has 0 unspecified atom stereocenters. The first-order chi connectivity index (χ1) is 13.1. The van der Waals surface area contributed by atoms with E-state index in [1.807, 2.05) is 24.3 Å². The van der Waals surface area contributed by atoms with Crippen molar-refractivity contribution < 1.29 is 19.4 Å². The molecule has 1 aromatic rings. The fourth-order valence-corrected chi connectivity index (χ4v) is 4.15. The Hall–Kier alpha value is -1.79. The number of aliphatic hydroxyl groups excluding tert-OH is 1. The summed E-state index contributed by atoms with van der Waals surface area (Å²) in [7, 11) is 1.64. The Morgan fingerprint density at radius 2 is 1.78 bits per heavy atom. The van der Waals surface area contributed by atoms with Gasteiger partial charge in [0.05, 0.1) is 13.7 Å². The largest absolute Gasteiger partial charge is 0.497 e. The van der Waals surface area contributed by atoms with Crippen LogP contribution < -0.4 is 15.4 Å². The molecule has 1 aliphatic carbocycles. The van der Waals surface area contributed by atoms with E-state index in [1.54, 1.807) is 7.11 Å². The number of hydrogen-bond acceptors (Lipinski definition) is 5. The van der Waals surface area contributed by atoms with Gasteiger partial charge >= 0.3 is 0 Å². The van der Waals surface area contributed by atoms with Crippen LogP contribution in [0, 0.1) is 5.41 Å². The first-order valence-corrected chi connectivity index (χ1v) is 10.0. The van der Waals surface area contributed by atoms with Crippen molar-refractivity contribution in [1.29, 1.82) is 0 Å². The summed E-state index contributed by atoms with van der Waals surface area (Å²) in [6.45, 7) is 1.87. The standard InChI is InChI=1S/C21H32N2O4/c1-26-18-7-5-17(6-8-18)23-21(9-3-2-4-10-21)19(25)22-15-20(16-24)11-13-27-14-12-20/h5-8,23-24H,2-4,9-16H2,1H3,(H,22,25). The van der Waals surface area contributed by atoms with Crippen LogP contribution in [0.3, 0.4) is 0 Å². The van der Waals surface area contributed by atoms with Gasteiger partial charge in [-0.3, -0.25) is 4.79 Å². The number of aliphatic hydroxyl groups is 1. The van der Waals surface area contributed by atoms with Gasteiger partial charge < -0.3 is 25.2 Å². The van der Waals surface area contributed by atoms with Crippen LogP contribution >= 0.6 is 0 Å². The second-order valence-electron chi connectivity index (χ2n) is 7.95. The number of amides is 1. The van der Waals surface area contributed by atoms with Crippen LogP contribution in [-0.4, -0.2) is 50.0 Å². The first-order valence-electron chi connectivity index (χ1n) is 10.0. The van der Waals surface area contributed by atoms with Crippen LogP contribution in [0.5, 0.6) is 5.75 Å². The van der Waals surface area contributed by atoms with E-state index in [1.165, 1.54) is 0 Å². The lowest BCUT2D eigenvalue weighted by Gasteiger charge is -2.40. The van der Waals surface area contributed by atoms with E-state index in [9.17, 15) is 9.90 Å². The molecule has 1 amide bonds. The molecule has 2 aliphatic rings. The zero-order chi connectivity index (χ0) is 19.2. The van der Waals surface area contributed by atoms with Crippen molar-refractivity contribution in [2.24, 2.45) is 5.41 Å². The maximum atomic E-state index is 13.2. The number of carbonyl (C=O) groups excluding carboxylic acids is 1. The maximum Gasteiger partial charge on any atom is 0.245 e. The molecule has 1 aliphatic heterocycles. The van der Waals surface area contributed by atoms with E-state index in [2.05, 4.69) is 10.6 Å². The van der Waals surface area contributed by atoms with Crippen molar-refractivity contribution in [1.82, 2.24) is 5.32 Å². The van der Waals surface area contributed by atoms with Crippen LogP contribution in [0.15, 0.2) is 24.3 Å². The molecule has 6 nitrogen and oxygen atoms in total. The smallest absolute Gasteiger partial charge is 0.245 e. The summed E-state index contributed by atoms with van der Waals surface area (Å²) >= 11 is 0. The second kappa shape index (κ2) is 8.93. The van der Waals surface area contributed by atoms with Crippen LogP contribution in [0.2, 0.25) is 0 Å². The molecule has 0 bridgehead atoms. The number of anilines is 1. The van der Waals surface area contributed by atoms with Crippen LogP contribution in [-0.2, 0) is 9.53 Å². The lowest BCUT2D eigenvalue weighted by molar-refractivity contribution is -0.127. The number of benzene rings is 1. The van der Waals surface area contributed by atoms with Crippen molar-refractivity contribution in [3.8, 4) is 5.75 Å². The lowest BCUT2D eigenvalue weighted by atomic mass is 9.78. The highest BCUT2D eigenvalue weighted by molar-refractivity contribution is 5.89. The second-order valence-corrected chi connectivity index (χ2v) is 7.95. The van der Waals surface area contributed by atoms with Gasteiger partial charge in [-0.05, 0) is 49.9 Å². The molecule has 0 spiro atoms. The molecule has 0 aromatic heterocycles. The summed E-state index contributed by atoms with van der Waals surface area (Å²) in [4.78, 5) is 13.2. The predicted molar refractivity (Wildman–Crippen MR) is 105 cm³/mol. The molecule has 3 rings (SSSR count). The van der Waals surface area contributed by atoms with Gasteiger partial charge in [0.25, 0.3) is 0 Å². The monoisotopic (exact) mass is 376 g/mol. The topological polar surface area (TPSA) is 79.8 Å².